The minimum absolute atomic E-state index is 0.130. The van der Waals surface area contributed by atoms with Gasteiger partial charge in [0.05, 0.1) is 12.0 Å². The van der Waals surface area contributed by atoms with E-state index in [-0.39, 0.29) is 16.8 Å². The average Bonchev–Trinajstić information content (AvgIpc) is 3.31. The summed E-state index contributed by atoms with van der Waals surface area (Å²) in [5.41, 5.74) is 0.814. The molecule has 28 heavy (non-hydrogen) atoms. The van der Waals surface area contributed by atoms with E-state index in [4.69, 9.17) is 4.74 Å². The van der Waals surface area contributed by atoms with Crippen molar-refractivity contribution < 1.29 is 17.9 Å². The first-order chi connectivity index (χ1) is 13.4. The zero-order chi connectivity index (χ0) is 19.7. The van der Waals surface area contributed by atoms with E-state index in [0.717, 1.165) is 12.3 Å². The highest BCUT2D eigenvalue weighted by molar-refractivity contribution is 7.92. The summed E-state index contributed by atoms with van der Waals surface area (Å²) in [4.78, 5) is 12.8. The summed E-state index contributed by atoms with van der Waals surface area (Å²) in [6.45, 7) is 0. The van der Waals surface area contributed by atoms with E-state index in [1.807, 2.05) is 0 Å². The maximum Gasteiger partial charge on any atom is 0.261 e. The van der Waals surface area contributed by atoms with Gasteiger partial charge in [-0.1, -0.05) is 12.5 Å². The van der Waals surface area contributed by atoms with Gasteiger partial charge >= 0.3 is 0 Å². The Kier molecular flexibility index (Phi) is 5.02. The van der Waals surface area contributed by atoms with Crippen molar-refractivity contribution in [1.82, 2.24) is 5.32 Å². The van der Waals surface area contributed by atoms with Crippen molar-refractivity contribution in [2.75, 3.05) is 11.8 Å². The molecule has 2 N–H and O–H groups in total. The lowest BCUT2D eigenvalue weighted by molar-refractivity contribution is 0.0923. The van der Waals surface area contributed by atoms with Crippen LogP contribution in [0.15, 0.2) is 53.4 Å². The van der Waals surface area contributed by atoms with Crippen LogP contribution in [-0.2, 0) is 10.0 Å². The number of nitrogens with one attached hydrogen (secondary N) is 2. The molecule has 4 rings (SSSR count). The van der Waals surface area contributed by atoms with Crippen LogP contribution in [0.5, 0.6) is 5.75 Å². The van der Waals surface area contributed by atoms with Crippen LogP contribution in [0.3, 0.4) is 0 Å². The SMILES string of the molecule is COc1ccc(S(=O)(=O)Nc2cccc(C(=O)N[C@@H]3CC4CCC3C4)c2)cc1. The highest BCUT2D eigenvalue weighted by atomic mass is 32.2. The van der Waals surface area contributed by atoms with Crippen LogP contribution >= 0.6 is 0 Å². The summed E-state index contributed by atoms with van der Waals surface area (Å²) < 4.78 is 32.8. The Bertz CT molecular complexity index is 972. The van der Waals surface area contributed by atoms with E-state index in [2.05, 4.69) is 10.0 Å². The van der Waals surface area contributed by atoms with Gasteiger partial charge in [0.1, 0.15) is 5.75 Å². The summed E-state index contributed by atoms with van der Waals surface area (Å²) in [6.07, 6.45) is 4.74. The summed E-state index contributed by atoms with van der Waals surface area (Å²) in [7, 11) is -2.22. The lowest BCUT2D eigenvalue weighted by atomic mass is 9.95. The fourth-order valence-electron chi connectivity index (χ4n) is 4.37. The number of ether oxygens (including phenoxy) is 1. The first-order valence-electron chi connectivity index (χ1n) is 9.52. The number of benzene rings is 2. The molecular weight excluding hydrogens is 376 g/mol. The molecule has 2 unspecified atom stereocenters. The highest BCUT2D eigenvalue weighted by Crippen LogP contribution is 2.44. The molecule has 2 aliphatic rings. The molecular formula is C21H24N2O4S. The zero-order valence-electron chi connectivity index (χ0n) is 15.7. The average molecular weight is 401 g/mol. The maximum atomic E-state index is 12.6. The molecule has 7 heteroatoms. The van der Waals surface area contributed by atoms with Gasteiger partial charge in [0, 0.05) is 17.3 Å². The molecule has 148 valence electrons. The molecule has 2 fully saturated rings. The molecule has 6 nitrogen and oxygen atoms in total. The van der Waals surface area contributed by atoms with Crippen LogP contribution in [-0.4, -0.2) is 27.5 Å². The van der Waals surface area contributed by atoms with Crippen LogP contribution in [0.4, 0.5) is 5.69 Å². The standard InChI is InChI=1S/C21H24N2O4S/c1-27-18-7-9-19(10-8-18)28(25,26)23-17-4-2-3-16(13-17)21(24)22-20-12-14-5-6-15(20)11-14/h2-4,7-10,13-15,20,23H,5-6,11-12H2,1H3,(H,22,24)/t14?,15?,20-/m1/s1. The monoisotopic (exact) mass is 400 g/mol. The van der Waals surface area contributed by atoms with Crippen LogP contribution in [0.2, 0.25) is 0 Å². The van der Waals surface area contributed by atoms with Crippen molar-refractivity contribution in [3.8, 4) is 5.75 Å². The summed E-state index contributed by atoms with van der Waals surface area (Å²) >= 11 is 0. The molecule has 2 aromatic rings. The van der Waals surface area contributed by atoms with Crippen LogP contribution < -0.4 is 14.8 Å². The normalized spacial score (nSPS) is 23.4. The third-order valence-corrected chi connectivity index (χ3v) is 7.20. The van der Waals surface area contributed by atoms with Gasteiger partial charge in [0.25, 0.3) is 15.9 Å². The Hall–Kier alpha value is -2.54. The van der Waals surface area contributed by atoms with E-state index in [0.29, 0.717) is 22.9 Å². The summed E-state index contributed by atoms with van der Waals surface area (Å²) in [5.74, 6) is 1.77. The lowest BCUT2D eigenvalue weighted by Crippen LogP contribution is -2.38. The smallest absolute Gasteiger partial charge is 0.261 e. The quantitative estimate of drug-likeness (QED) is 0.778. The fraction of sp³-hybridized carbons (Fsp3) is 0.381. The van der Waals surface area contributed by atoms with Crippen molar-refractivity contribution in [2.24, 2.45) is 11.8 Å². The molecule has 0 radical (unpaired) electrons. The molecule has 0 spiro atoms. The van der Waals surface area contributed by atoms with E-state index in [1.165, 1.54) is 38.5 Å². The molecule has 2 saturated carbocycles. The van der Waals surface area contributed by atoms with Crippen molar-refractivity contribution >= 4 is 21.6 Å². The first-order valence-corrected chi connectivity index (χ1v) is 11.0. The number of sulfonamides is 1. The number of anilines is 1. The van der Waals surface area contributed by atoms with Gasteiger partial charge in [0.2, 0.25) is 0 Å². The van der Waals surface area contributed by atoms with Crippen molar-refractivity contribution in [2.45, 2.75) is 36.6 Å². The topological polar surface area (TPSA) is 84.5 Å². The molecule has 3 atom stereocenters. The van der Waals surface area contributed by atoms with Crippen molar-refractivity contribution in [3.05, 3.63) is 54.1 Å². The van der Waals surface area contributed by atoms with Crippen LogP contribution in [0.25, 0.3) is 0 Å². The second-order valence-electron chi connectivity index (χ2n) is 7.62. The van der Waals surface area contributed by atoms with Crippen molar-refractivity contribution in [3.63, 3.8) is 0 Å². The number of methoxy groups -OCH3 is 1. The molecule has 2 bridgehead atoms. The summed E-state index contributed by atoms with van der Waals surface area (Å²) in [6, 6.07) is 13.0. The Morgan fingerprint density at radius 3 is 2.50 bits per heavy atom. The van der Waals surface area contributed by atoms with Gasteiger partial charge in [-0.15, -0.1) is 0 Å². The van der Waals surface area contributed by atoms with Crippen molar-refractivity contribution in [1.29, 1.82) is 0 Å². The second-order valence-corrected chi connectivity index (χ2v) is 9.30. The lowest BCUT2D eigenvalue weighted by Gasteiger charge is -2.23. The number of rotatable bonds is 6. The Morgan fingerprint density at radius 1 is 1.07 bits per heavy atom. The largest absolute Gasteiger partial charge is 0.497 e. The van der Waals surface area contributed by atoms with Crippen LogP contribution in [0.1, 0.15) is 36.0 Å². The third kappa shape index (κ3) is 3.85. The van der Waals surface area contributed by atoms with Gasteiger partial charge in [0.15, 0.2) is 0 Å². The molecule has 0 aliphatic heterocycles. The number of carbonyl (C=O) groups excluding carboxylic acids is 1. The van der Waals surface area contributed by atoms with E-state index >= 15 is 0 Å². The van der Waals surface area contributed by atoms with Gasteiger partial charge in [-0.3, -0.25) is 9.52 Å². The van der Waals surface area contributed by atoms with E-state index in [1.54, 1.807) is 36.4 Å². The predicted molar refractivity (Wildman–Crippen MR) is 107 cm³/mol. The number of hydrogen-bond acceptors (Lipinski definition) is 4. The fourth-order valence-corrected chi connectivity index (χ4v) is 5.42. The van der Waals surface area contributed by atoms with E-state index < -0.39 is 10.0 Å². The molecule has 1 amide bonds. The second kappa shape index (κ2) is 7.47. The minimum Gasteiger partial charge on any atom is -0.497 e. The predicted octanol–water partition coefficient (Wildman–Crippen LogP) is 3.41. The minimum atomic E-state index is -3.75. The number of fused-ring (bicyclic) bond motifs is 2. The maximum absolute atomic E-state index is 12.6. The van der Waals surface area contributed by atoms with E-state index in [9.17, 15) is 13.2 Å². The Balaban J connectivity index is 1.46. The number of carbonyl (C=O) groups is 1. The van der Waals surface area contributed by atoms with Gasteiger partial charge in [-0.25, -0.2) is 8.42 Å². The Labute approximate surface area is 165 Å². The first kappa shape index (κ1) is 18.8. The van der Waals surface area contributed by atoms with Gasteiger partial charge in [-0.2, -0.15) is 0 Å². The third-order valence-electron chi connectivity index (χ3n) is 5.80. The molecule has 0 heterocycles. The Morgan fingerprint density at radius 2 is 1.86 bits per heavy atom. The van der Waals surface area contributed by atoms with Gasteiger partial charge < -0.3 is 10.1 Å². The molecule has 2 aromatic carbocycles. The number of amides is 1. The molecule has 0 saturated heterocycles. The molecule has 0 aromatic heterocycles. The van der Waals surface area contributed by atoms with Gasteiger partial charge in [-0.05, 0) is 73.6 Å². The number of hydrogen-bond donors (Lipinski definition) is 2. The summed E-state index contributed by atoms with van der Waals surface area (Å²) in [5, 5.41) is 3.13. The zero-order valence-corrected chi connectivity index (χ0v) is 16.5. The molecule has 2 aliphatic carbocycles. The highest BCUT2D eigenvalue weighted by Gasteiger charge is 2.40. The van der Waals surface area contributed by atoms with Crippen LogP contribution in [0, 0.1) is 11.8 Å².